The highest BCUT2D eigenvalue weighted by atomic mass is 16.4. The number of aryl methyl sites for hydroxylation is 1. The van der Waals surface area contributed by atoms with Gasteiger partial charge in [-0.3, -0.25) is 9.59 Å². The monoisotopic (exact) mass is 287 g/mol. The van der Waals surface area contributed by atoms with Crippen molar-refractivity contribution in [3.63, 3.8) is 0 Å². The van der Waals surface area contributed by atoms with Gasteiger partial charge in [0.15, 0.2) is 5.69 Å². The van der Waals surface area contributed by atoms with Crippen molar-refractivity contribution in [1.82, 2.24) is 14.7 Å². The Morgan fingerprint density at radius 3 is 2.52 bits per heavy atom. The van der Waals surface area contributed by atoms with Gasteiger partial charge in [-0.2, -0.15) is 5.10 Å². The van der Waals surface area contributed by atoms with Crippen LogP contribution in [0.5, 0.6) is 0 Å². The predicted molar refractivity (Wildman–Crippen MR) is 77.5 cm³/mol. The maximum atomic E-state index is 12.3. The molecule has 1 aromatic carbocycles. The maximum Gasteiger partial charge on any atom is 0.323 e. The van der Waals surface area contributed by atoms with Gasteiger partial charge >= 0.3 is 5.97 Å². The van der Waals surface area contributed by atoms with Crippen molar-refractivity contribution in [3.8, 4) is 5.69 Å². The van der Waals surface area contributed by atoms with Gasteiger partial charge < -0.3 is 10.0 Å². The first-order valence-corrected chi connectivity index (χ1v) is 6.66. The molecule has 0 unspecified atom stereocenters. The summed E-state index contributed by atoms with van der Waals surface area (Å²) in [6, 6.07) is 11.1. The number of carbonyl (C=O) groups excluding carboxylic acids is 1. The molecule has 0 fully saturated rings. The minimum absolute atomic E-state index is 0.249. The van der Waals surface area contributed by atoms with Gasteiger partial charge in [-0.25, -0.2) is 4.68 Å². The van der Waals surface area contributed by atoms with Crippen molar-refractivity contribution in [2.75, 3.05) is 13.1 Å². The Morgan fingerprint density at radius 2 is 1.95 bits per heavy atom. The average molecular weight is 287 g/mol. The molecule has 0 saturated carbocycles. The van der Waals surface area contributed by atoms with E-state index in [2.05, 4.69) is 5.10 Å². The molecule has 0 spiro atoms. The molecule has 0 aliphatic heterocycles. The number of rotatable bonds is 5. The predicted octanol–water partition coefficient (Wildman–Crippen LogP) is 1.73. The number of likely N-dealkylation sites (N-methyl/N-ethyl adjacent to an activating group) is 1. The van der Waals surface area contributed by atoms with Crippen LogP contribution in [-0.2, 0) is 4.79 Å². The third-order valence-electron chi connectivity index (χ3n) is 3.10. The van der Waals surface area contributed by atoms with Crippen molar-refractivity contribution < 1.29 is 14.7 Å². The number of para-hydroxylation sites is 1. The maximum absolute atomic E-state index is 12.3. The molecule has 0 bridgehead atoms. The Balaban J connectivity index is 2.30. The second-order valence-electron chi connectivity index (χ2n) is 4.63. The van der Waals surface area contributed by atoms with Gasteiger partial charge in [-0.15, -0.1) is 0 Å². The van der Waals surface area contributed by atoms with E-state index in [0.29, 0.717) is 6.54 Å². The smallest absolute Gasteiger partial charge is 0.323 e. The van der Waals surface area contributed by atoms with E-state index in [1.807, 2.05) is 37.3 Å². The Labute approximate surface area is 122 Å². The first kappa shape index (κ1) is 14.8. The molecular formula is C15H17N3O3. The molecule has 1 amide bonds. The van der Waals surface area contributed by atoms with E-state index < -0.39 is 5.97 Å². The van der Waals surface area contributed by atoms with Gasteiger partial charge in [0, 0.05) is 12.2 Å². The number of carboxylic acids is 1. The standard InChI is InChI=1S/C15H17N3O3/c1-3-17(10-14(19)20)15(21)13-9-11(2)18(16-13)12-7-5-4-6-8-12/h4-9H,3,10H2,1-2H3,(H,19,20). The van der Waals surface area contributed by atoms with Crippen LogP contribution in [0.2, 0.25) is 0 Å². The van der Waals surface area contributed by atoms with E-state index in [1.54, 1.807) is 17.7 Å². The summed E-state index contributed by atoms with van der Waals surface area (Å²) in [5, 5.41) is 13.1. The van der Waals surface area contributed by atoms with Crippen molar-refractivity contribution in [2.45, 2.75) is 13.8 Å². The van der Waals surface area contributed by atoms with Crippen LogP contribution in [0.4, 0.5) is 0 Å². The van der Waals surface area contributed by atoms with Crippen LogP contribution in [-0.4, -0.2) is 44.8 Å². The summed E-state index contributed by atoms with van der Waals surface area (Å²) in [7, 11) is 0. The Kier molecular flexibility index (Phi) is 4.37. The summed E-state index contributed by atoms with van der Waals surface area (Å²) in [6.07, 6.45) is 0. The largest absolute Gasteiger partial charge is 0.480 e. The normalized spacial score (nSPS) is 10.4. The van der Waals surface area contributed by atoms with E-state index in [-0.39, 0.29) is 18.1 Å². The van der Waals surface area contributed by atoms with Crippen LogP contribution >= 0.6 is 0 Å². The molecule has 0 aliphatic carbocycles. The lowest BCUT2D eigenvalue weighted by molar-refractivity contribution is -0.137. The summed E-state index contributed by atoms with van der Waals surface area (Å²) < 4.78 is 1.67. The van der Waals surface area contributed by atoms with Crippen LogP contribution in [0.3, 0.4) is 0 Å². The summed E-state index contributed by atoms with van der Waals surface area (Å²) in [4.78, 5) is 24.3. The van der Waals surface area contributed by atoms with Gasteiger partial charge in [-0.05, 0) is 32.0 Å². The van der Waals surface area contributed by atoms with Crippen LogP contribution in [0.1, 0.15) is 23.1 Å². The van der Waals surface area contributed by atoms with Crippen molar-refractivity contribution >= 4 is 11.9 Å². The summed E-state index contributed by atoms with van der Waals surface area (Å²) >= 11 is 0. The molecule has 1 heterocycles. The van der Waals surface area contributed by atoms with E-state index >= 15 is 0 Å². The summed E-state index contributed by atoms with van der Waals surface area (Å²) in [5.41, 5.74) is 1.92. The highest BCUT2D eigenvalue weighted by molar-refractivity contribution is 5.94. The van der Waals surface area contributed by atoms with E-state index in [4.69, 9.17) is 5.11 Å². The van der Waals surface area contributed by atoms with Gasteiger partial charge in [0.25, 0.3) is 5.91 Å². The van der Waals surface area contributed by atoms with E-state index in [9.17, 15) is 9.59 Å². The molecule has 110 valence electrons. The van der Waals surface area contributed by atoms with Gasteiger partial charge in [0.05, 0.1) is 5.69 Å². The van der Waals surface area contributed by atoms with Gasteiger partial charge in [0.2, 0.25) is 0 Å². The minimum atomic E-state index is -1.04. The number of carbonyl (C=O) groups is 2. The van der Waals surface area contributed by atoms with E-state index in [0.717, 1.165) is 11.4 Å². The SMILES string of the molecule is CCN(CC(=O)O)C(=O)c1cc(C)n(-c2ccccc2)n1. The van der Waals surface area contributed by atoms with Crippen molar-refractivity contribution in [2.24, 2.45) is 0 Å². The Morgan fingerprint density at radius 1 is 1.29 bits per heavy atom. The van der Waals surface area contributed by atoms with Crippen LogP contribution in [0, 0.1) is 6.92 Å². The number of hydrogen-bond donors (Lipinski definition) is 1. The summed E-state index contributed by atoms with van der Waals surface area (Å²) in [5.74, 6) is -1.41. The molecule has 0 atom stereocenters. The number of aromatic nitrogens is 2. The van der Waals surface area contributed by atoms with Crippen LogP contribution < -0.4 is 0 Å². The number of aliphatic carboxylic acids is 1. The number of amides is 1. The zero-order chi connectivity index (χ0) is 15.4. The fourth-order valence-corrected chi connectivity index (χ4v) is 2.06. The lowest BCUT2D eigenvalue weighted by Gasteiger charge is -2.16. The van der Waals surface area contributed by atoms with Crippen LogP contribution in [0.15, 0.2) is 36.4 Å². The number of hydrogen-bond acceptors (Lipinski definition) is 3. The molecule has 21 heavy (non-hydrogen) atoms. The molecule has 0 saturated heterocycles. The summed E-state index contributed by atoms with van der Waals surface area (Å²) in [6.45, 7) is 3.58. The Bertz CT molecular complexity index is 649. The van der Waals surface area contributed by atoms with Gasteiger partial charge in [0.1, 0.15) is 6.54 Å². The Hall–Kier alpha value is -2.63. The van der Waals surface area contributed by atoms with Crippen molar-refractivity contribution in [3.05, 3.63) is 47.8 Å². The first-order chi connectivity index (χ1) is 10.0. The first-order valence-electron chi connectivity index (χ1n) is 6.66. The molecule has 6 nitrogen and oxygen atoms in total. The zero-order valence-electron chi connectivity index (χ0n) is 12.0. The molecular weight excluding hydrogens is 270 g/mol. The molecule has 2 rings (SSSR count). The third kappa shape index (κ3) is 3.28. The fourth-order valence-electron chi connectivity index (χ4n) is 2.06. The number of benzene rings is 1. The van der Waals surface area contributed by atoms with Gasteiger partial charge in [-0.1, -0.05) is 18.2 Å². The average Bonchev–Trinajstić information content (AvgIpc) is 2.86. The quantitative estimate of drug-likeness (QED) is 0.908. The molecule has 0 aliphatic rings. The van der Waals surface area contributed by atoms with E-state index in [1.165, 1.54) is 4.90 Å². The number of nitrogens with zero attached hydrogens (tertiary/aromatic N) is 3. The minimum Gasteiger partial charge on any atom is -0.480 e. The van der Waals surface area contributed by atoms with Crippen molar-refractivity contribution in [1.29, 1.82) is 0 Å². The highest BCUT2D eigenvalue weighted by Gasteiger charge is 2.20. The molecule has 0 radical (unpaired) electrons. The molecule has 1 N–H and O–H groups in total. The topological polar surface area (TPSA) is 75.4 Å². The zero-order valence-corrected chi connectivity index (χ0v) is 12.0. The molecule has 1 aromatic heterocycles. The highest BCUT2D eigenvalue weighted by Crippen LogP contribution is 2.13. The molecule has 6 heteroatoms. The number of carboxylic acid groups (broad SMARTS) is 1. The molecule has 2 aromatic rings. The van der Waals surface area contributed by atoms with Crippen LogP contribution in [0.25, 0.3) is 5.69 Å². The second kappa shape index (κ2) is 6.21. The second-order valence-corrected chi connectivity index (χ2v) is 4.63. The lowest BCUT2D eigenvalue weighted by Crippen LogP contribution is -2.35. The fraction of sp³-hybridized carbons (Fsp3) is 0.267. The third-order valence-corrected chi connectivity index (χ3v) is 3.10. The lowest BCUT2D eigenvalue weighted by atomic mass is 10.3.